The highest BCUT2D eigenvalue weighted by Gasteiger charge is 2.35. The first-order valence-corrected chi connectivity index (χ1v) is 13.0. The summed E-state index contributed by atoms with van der Waals surface area (Å²) in [7, 11) is 1.53. The molecule has 1 aliphatic rings. The number of amides is 4. The van der Waals surface area contributed by atoms with Crippen LogP contribution in [0.1, 0.15) is 44.7 Å². The fraction of sp³-hybridized carbons (Fsp3) is 0.241. The third-order valence-corrected chi connectivity index (χ3v) is 7.11. The molecule has 196 valence electrons. The van der Waals surface area contributed by atoms with Gasteiger partial charge in [0, 0.05) is 43.0 Å². The second-order valence-corrected chi connectivity index (χ2v) is 9.83. The number of carbonyl (C=O) groups is 4. The second kappa shape index (κ2) is 12.2. The normalized spacial score (nSPS) is 13.3. The van der Waals surface area contributed by atoms with E-state index in [9.17, 15) is 19.2 Å². The molecule has 1 aliphatic heterocycles. The number of hydrogen-bond donors (Lipinski definition) is 1. The number of rotatable bonds is 10. The predicted octanol–water partition coefficient (Wildman–Crippen LogP) is 4.76. The molecule has 0 aliphatic carbocycles. The number of imide groups is 1. The lowest BCUT2D eigenvalue weighted by atomic mass is 10.0. The Labute approximate surface area is 231 Å². The van der Waals surface area contributed by atoms with Crippen LogP contribution in [0.4, 0.5) is 0 Å². The minimum absolute atomic E-state index is 0.0287. The van der Waals surface area contributed by atoms with Crippen molar-refractivity contribution >= 4 is 46.8 Å². The van der Waals surface area contributed by atoms with Crippen molar-refractivity contribution in [2.45, 2.75) is 31.8 Å². The summed E-state index contributed by atoms with van der Waals surface area (Å²) in [6.07, 6.45) is 0.581. The smallest absolute Gasteiger partial charge is 0.261 e. The van der Waals surface area contributed by atoms with Gasteiger partial charge in [-0.3, -0.25) is 24.1 Å². The molecule has 0 saturated heterocycles. The number of likely N-dealkylation sites (N-methyl/N-ethyl adjacent to an activating group) is 1. The van der Waals surface area contributed by atoms with Crippen LogP contribution in [0.15, 0.2) is 72.8 Å². The van der Waals surface area contributed by atoms with E-state index in [4.69, 9.17) is 23.2 Å². The van der Waals surface area contributed by atoms with Gasteiger partial charge in [-0.05, 0) is 41.8 Å². The van der Waals surface area contributed by atoms with Gasteiger partial charge >= 0.3 is 0 Å². The van der Waals surface area contributed by atoms with E-state index in [1.165, 1.54) is 16.8 Å². The average Bonchev–Trinajstić information content (AvgIpc) is 3.16. The molecule has 1 N–H and O–H groups in total. The van der Waals surface area contributed by atoms with E-state index in [0.717, 1.165) is 5.56 Å². The second-order valence-electron chi connectivity index (χ2n) is 8.99. The van der Waals surface area contributed by atoms with Gasteiger partial charge in [0.15, 0.2) is 0 Å². The molecule has 0 saturated carbocycles. The maximum absolute atomic E-state index is 13.6. The fourth-order valence-corrected chi connectivity index (χ4v) is 5.00. The predicted molar refractivity (Wildman–Crippen MR) is 146 cm³/mol. The Kier molecular flexibility index (Phi) is 8.81. The van der Waals surface area contributed by atoms with E-state index < -0.39 is 6.04 Å². The molecule has 0 unspecified atom stereocenters. The highest BCUT2D eigenvalue weighted by Crippen LogP contribution is 2.26. The zero-order chi connectivity index (χ0) is 27.2. The highest BCUT2D eigenvalue weighted by atomic mass is 35.5. The summed E-state index contributed by atoms with van der Waals surface area (Å²) in [5, 5.41) is 3.52. The minimum atomic E-state index is -0.805. The van der Waals surface area contributed by atoms with Crippen molar-refractivity contribution in [2.24, 2.45) is 0 Å². The molecule has 0 fully saturated rings. The van der Waals surface area contributed by atoms with Crippen LogP contribution in [0.25, 0.3) is 0 Å². The van der Waals surface area contributed by atoms with Gasteiger partial charge < -0.3 is 10.2 Å². The topological polar surface area (TPSA) is 86.8 Å². The number of halogens is 2. The van der Waals surface area contributed by atoms with Crippen molar-refractivity contribution in [2.75, 3.05) is 13.6 Å². The van der Waals surface area contributed by atoms with E-state index in [0.29, 0.717) is 33.2 Å². The van der Waals surface area contributed by atoms with Gasteiger partial charge in [0.25, 0.3) is 11.8 Å². The molecule has 4 rings (SSSR count). The number of hydrogen-bond acceptors (Lipinski definition) is 4. The van der Waals surface area contributed by atoms with Crippen LogP contribution in [0, 0.1) is 0 Å². The van der Waals surface area contributed by atoms with Crippen molar-refractivity contribution in [1.29, 1.82) is 0 Å². The molecule has 1 heterocycles. The third-order valence-electron chi connectivity index (χ3n) is 6.52. The molecule has 0 aromatic heterocycles. The quantitative estimate of drug-likeness (QED) is 0.368. The van der Waals surface area contributed by atoms with Crippen LogP contribution in [-0.4, -0.2) is 53.1 Å². The van der Waals surface area contributed by atoms with E-state index in [1.54, 1.807) is 42.5 Å². The Hall–Kier alpha value is -3.68. The summed E-state index contributed by atoms with van der Waals surface area (Å²) in [6, 6.07) is 20.3. The first kappa shape index (κ1) is 27.4. The maximum Gasteiger partial charge on any atom is 0.261 e. The molecule has 38 heavy (non-hydrogen) atoms. The lowest BCUT2D eigenvalue weighted by Crippen LogP contribution is -2.49. The zero-order valence-electron chi connectivity index (χ0n) is 20.8. The number of fused-ring (bicyclic) bond motifs is 1. The number of carbonyl (C=O) groups excluding carboxylic acids is 4. The van der Waals surface area contributed by atoms with Crippen LogP contribution in [0.2, 0.25) is 10.0 Å². The Balaban J connectivity index is 1.54. The van der Waals surface area contributed by atoms with Crippen LogP contribution >= 0.6 is 23.2 Å². The first-order valence-electron chi connectivity index (χ1n) is 12.2. The standard InChI is InChI=1S/C29H27Cl2N3O4/c1-32-27(36)25(16-19-8-3-2-4-9-19)34(18-20-13-14-21(30)17-24(20)31)26(35)12-7-15-33-28(37)22-10-5-6-11-23(22)29(33)38/h2-6,8-11,13-14,17,25H,7,12,15-16,18H2,1H3,(H,32,36)/t25-/m1/s1. The summed E-state index contributed by atoms with van der Waals surface area (Å²) in [4.78, 5) is 54.7. The largest absolute Gasteiger partial charge is 0.357 e. The van der Waals surface area contributed by atoms with Crippen molar-refractivity contribution in [3.63, 3.8) is 0 Å². The van der Waals surface area contributed by atoms with Gasteiger partial charge in [0.05, 0.1) is 11.1 Å². The third kappa shape index (κ3) is 6.06. The first-order chi connectivity index (χ1) is 18.3. The lowest BCUT2D eigenvalue weighted by Gasteiger charge is -2.31. The van der Waals surface area contributed by atoms with Crippen LogP contribution in [-0.2, 0) is 22.6 Å². The van der Waals surface area contributed by atoms with Gasteiger partial charge in [-0.1, -0.05) is 71.7 Å². The molecule has 0 bridgehead atoms. The number of benzene rings is 3. The van der Waals surface area contributed by atoms with Gasteiger partial charge in [0.2, 0.25) is 11.8 Å². The number of nitrogens with zero attached hydrogens (tertiary/aromatic N) is 2. The van der Waals surface area contributed by atoms with Gasteiger partial charge in [-0.15, -0.1) is 0 Å². The molecular weight excluding hydrogens is 525 g/mol. The van der Waals surface area contributed by atoms with Crippen LogP contribution < -0.4 is 5.32 Å². The SMILES string of the molecule is CNC(=O)[C@@H](Cc1ccccc1)N(Cc1ccc(Cl)cc1Cl)C(=O)CCCN1C(=O)c2ccccc2C1=O. The zero-order valence-corrected chi connectivity index (χ0v) is 22.3. The number of nitrogens with one attached hydrogen (secondary N) is 1. The van der Waals surface area contributed by atoms with Crippen molar-refractivity contribution in [1.82, 2.24) is 15.1 Å². The molecule has 3 aromatic carbocycles. The van der Waals surface area contributed by atoms with Crippen molar-refractivity contribution in [3.8, 4) is 0 Å². The molecule has 9 heteroatoms. The molecule has 3 aromatic rings. The molecule has 0 spiro atoms. The lowest BCUT2D eigenvalue weighted by molar-refractivity contribution is -0.141. The Morgan fingerprint density at radius 2 is 1.55 bits per heavy atom. The molecule has 0 radical (unpaired) electrons. The fourth-order valence-electron chi connectivity index (χ4n) is 4.53. The van der Waals surface area contributed by atoms with E-state index in [1.807, 2.05) is 30.3 Å². The summed E-state index contributed by atoms with van der Waals surface area (Å²) in [5.74, 6) is -1.34. The highest BCUT2D eigenvalue weighted by molar-refractivity contribution is 6.35. The van der Waals surface area contributed by atoms with Crippen molar-refractivity contribution < 1.29 is 19.2 Å². The Morgan fingerprint density at radius 1 is 0.921 bits per heavy atom. The molecule has 4 amide bonds. The monoisotopic (exact) mass is 551 g/mol. The minimum Gasteiger partial charge on any atom is -0.357 e. The Bertz CT molecular complexity index is 1330. The van der Waals surface area contributed by atoms with Crippen LogP contribution in [0.3, 0.4) is 0 Å². The Morgan fingerprint density at radius 3 is 2.16 bits per heavy atom. The average molecular weight is 552 g/mol. The molecule has 7 nitrogen and oxygen atoms in total. The molecule has 1 atom stereocenters. The van der Waals surface area contributed by atoms with Gasteiger partial charge in [-0.2, -0.15) is 0 Å². The summed E-state index contributed by atoms with van der Waals surface area (Å²) < 4.78 is 0. The summed E-state index contributed by atoms with van der Waals surface area (Å²) >= 11 is 12.5. The van der Waals surface area contributed by atoms with Crippen LogP contribution in [0.5, 0.6) is 0 Å². The van der Waals surface area contributed by atoms with E-state index in [2.05, 4.69) is 5.32 Å². The van der Waals surface area contributed by atoms with Crippen molar-refractivity contribution in [3.05, 3.63) is 105 Å². The van der Waals surface area contributed by atoms with Gasteiger partial charge in [0.1, 0.15) is 6.04 Å². The van der Waals surface area contributed by atoms with Gasteiger partial charge in [-0.25, -0.2) is 0 Å². The van der Waals surface area contributed by atoms with E-state index in [-0.39, 0.29) is 49.6 Å². The summed E-state index contributed by atoms with van der Waals surface area (Å²) in [5.41, 5.74) is 2.27. The van der Waals surface area contributed by atoms with E-state index >= 15 is 0 Å². The molecular formula is C29H27Cl2N3O4. The summed E-state index contributed by atoms with van der Waals surface area (Å²) in [6.45, 7) is 0.184. The maximum atomic E-state index is 13.6.